The van der Waals surface area contributed by atoms with Gasteiger partial charge in [-0.2, -0.15) is 0 Å². The number of Topliss-reactive ketones (excluding diaryl/α,β-unsaturated/α-hetero) is 1. The van der Waals surface area contributed by atoms with Gasteiger partial charge >= 0.3 is 0 Å². The van der Waals surface area contributed by atoms with Crippen LogP contribution in [0.25, 0.3) is 0 Å². The van der Waals surface area contributed by atoms with Crippen LogP contribution in [0.2, 0.25) is 0 Å². The molecule has 5 heteroatoms. The Bertz CT molecular complexity index is 305. The van der Waals surface area contributed by atoms with Crippen LogP contribution in [0.5, 0.6) is 0 Å². The van der Waals surface area contributed by atoms with E-state index in [9.17, 15) is 9.59 Å². The van der Waals surface area contributed by atoms with Gasteiger partial charge in [-0.25, -0.2) is 0 Å². The predicted molar refractivity (Wildman–Crippen MR) is 83.3 cm³/mol. The molecular formula is C16H31NO4. The third-order valence-electron chi connectivity index (χ3n) is 3.25. The van der Waals surface area contributed by atoms with E-state index in [1.54, 1.807) is 0 Å². The molecule has 0 rings (SSSR count). The molecule has 1 amide bonds. The van der Waals surface area contributed by atoms with Gasteiger partial charge in [0.25, 0.3) is 0 Å². The predicted octanol–water partition coefficient (Wildman–Crippen LogP) is 2.47. The van der Waals surface area contributed by atoms with Crippen molar-refractivity contribution in [2.45, 2.75) is 72.0 Å². The highest BCUT2D eigenvalue weighted by molar-refractivity contribution is 5.79. The third-order valence-corrected chi connectivity index (χ3v) is 3.25. The molecule has 1 N–H and O–H groups in total. The molecule has 0 saturated heterocycles. The normalized spacial score (nSPS) is 12.3. The average Bonchev–Trinajstić information content (AvgIpc) is 2.41. The zero-order valence-corrected chi connectivity index (χ0v) is 14.4. The number of hydrogen-bond acceptors (Lipinski definition) is 4. The van der Waals surface area contributed by atoms with Crippen molar-refractivity contribution in [3.05, 3.63) is 0 Å². The molecule has 5 nitrogen and oxygen atoms in total. The molecule has 0 saturated carbocycles. The first-order chi connectivity index (χ1) is 9.62. The summed E-state index contributed by atoms with van der Waals surface area (Å²) in [5, 5.41) is 2.83. The minimum absolute atomic E-state index is 0.0217. The Hall–Kier alpha value is -0.940. The van der Waals surface area contributed by atoms with Gasteiger partial charge in [0.2, 0.25) is 5.91 Å². The second kappa shape index (κ2) is 9.15. The van der Waals surface area contributed by atoms with Gasteiger partial charge < -0.3 is 14.8 Å². The zero-order valence-electron chi connectivity index (χ0n) is 14.4. The molecule has 21 heavy (non-hydrogen) atoms. The number of nitrogens with one attached hydrogen (secondary N) is 1. The van der Waals surface area contributed by atoms with E-state index in [0.717, 1.165) is 0 Å². The SMILES string of the molecule is CCC(=O)COC(C)(C)CCOC(C)(C)CNC(=O)CC. The van der Waals surface area contributed by atoms with Gasteiger partial charge in [-0.05, 0) is 34.1 Å². The van der Waals surface area contributed by atoms with Crippen molar-refractivity contribution >= 4 is 11.7 Å². The summed E-state index contributed by atoms with van der Waals surface area (Å²) >= 11 is 0. The van der Waals surface area contributed by atoms with Crippen LogP contribution in [0.1, 0.15) is 60.8 Å². The smallest absolute Gasteiger partial charge is 0.219 e. The summed E-state index contributed by atoms with van der Waals surface area (Å²) in [5.74, 6) is 0.125. The summed E-state index contributed by atoms with van der Waals surface area (Å²) in [5.41, 5.74) is -0.812. The quantitative estimate of drug-likeness (QED) is 0.637. The van der Waals surface area contributed by atoms with E-state index < -0.39 is 11.2 Å². The van der Waals surface area contributed by atoms with Crippen LogP contribution in [-0.4, -0.2) is 42.7 Å². The molecule has 0 aliphatic heterocycles. The molecule has 0 heterocycles. The largest absolute Gasteiger partial charge is 0.374 e. The van der Waals surface area contributed by atoms with Crippen LogP contribution in [0, 0.1) is 0 Å². The highest BCUT2D eigenvalue weighted by Crippen LogP contribution is 2.17. The lowest BCUT2D eigenvalue weighted by molar-refractivity contribution is -0.131. The summed E-state index contributed by atoms with van der Waals surface area (Å²) in [6, 6.07) is 0. The maximum atomic E-state index is 11.3. The van der Waals surface area contributed by atoms with Crippen molar-refractivity contribution in [2.75, 3.05) is 19.8 Å². The summed E-state index contributed by atoms with van der Waals surface area (Å²) in [6.45, 7) is 12.6. The molecule has 124 valence electrons. The summed E-state index contributed by atoms with van der Waals surface area (Å²) in [6.07, 6.45) is 1.66. The Morgan fingerprint density at radius 1 is 0.952 bits per heavy atom. The minimum atomic E-state index is -0.417. The lowest BCUT2D eigenvalue weighted by atomic mass is 10.1. The van der Waals surface area contributed by atoms with Gasteiger partial charge in [0.05, 0.1) is 17.8 Å². The van der Waals surface area contributed by atoms with Gasteiger partial charge in [0.1, 0.15) is 6.61 Å². The van der Waals surface area contributed by atoms with Gasteiger partial charge in [-0.3, -0.25) is 9.59 Å². The van der Waals surface area contributed by atoms with E-state index in [4.69, 9.17) is 9.47 Å². The standard InChI is InChI=1S/C16H31NO4/c1-7-13(18)11-21-15(3,4)9-10-20-16(5,6)12-17-14(19)8-2/h7-12H2,1-6H3,(H,17,19). The summed E-state index contributed by atoms with van der Waals surface area (Å²) in [7, 11) is 0. The first-order valence-corrected chi connectivity index (χ1v) is 7.68. The average molecular weight is 301 g/mol. The molecule has 0 aromatic heterocycles. The van der Waals surface area contributed by atoms with E-state index in [1.165, 1.54) is 0 Å². The molecule has 0 fully saturated rings. The zero-order chi connectivity index (χ0) is 16.5. The van der Waals surface area contributed by atoms with E-state index in [0.29, 0.717) is 32.4 Å². The Labute approximate surface area is 128 Å². The van der Waals surface area contributed by atoms with Gasteiger partial charge in [-0.15, -0.1) is 0 Å². The highest BCUT2D eigenvalue weighted by Gasteiger charge is 2.23. The second-order valence-corrected chi connectivity index (χ2v) is 6.43. The van der Waals surface area contributed by atoms with Crippen molar-refractivity contribution in [3.8, 4) is 0 Å². The molecule has 0 radical (unpaired) electrons. The topological polar surface area (TPSA) is 64.6 Å². The van der Waals surface area contributed by atoms with Crippen molar-refractivity contribution in [1.82, 2.24) is 5.32 Å². The van der Waals surface area contributed by atoms with Crippen LogP contribution in [0.15, 0.2) is 0 Å². The summed E-state index contributed by atoms with van der Waals surface area (Å²) in [4.78, 5) is 22.5. The van der Waals surface area contributed by atoms with Crippen molar-refractivity contribution in [3.63, 3.8) is 0 Å². The molecule has 0 aromatic rings. The maximum absolute atomic E-state index is 11.3. The first kappa shape index (κ1) is 20.1. The molecule has 0 aromatic carbocycles. The molecule has 0 aliphatic rings. The van der Waals surface area contributed by atoms with E-state index in [-0.39, 0.29) is 18.3 Å². The molecule has 0 aliphatic carbocycles. The van der Waals surface area contributed by atoms with Crippen LogP contribution in [0.3, 0.4) is 0 Å². The number of rotatable bonds is 11. The first-order valence-electron chi connectivity index (χ1n) is 7.68. The van der Waals surface area contributed by atoms with Crippen LogP contribution >= 0.6 is 0 Å². The third kappa shape index (κ3) is 10.4. The lowest BCUT2D eigenvalue weighted by Gasteiger charge is -2.29. The number of ether oxygens (including phenoxy) is 2. The molecular weight excluding hydrogens is 270 g/mol. The molecule has 0 bridgehead atoms. The number of carbonyl (C=O) groups is 2. The number of carbonyl (C=O) groups excluding carboxylic acids is 2. The lowest BCUT2D eigenvalue weighted by Crippen LogP contribution is -2.41. The number of ketones is 1. The Morgan fingerprint density at radius 3 is 2.10 bits per heavy atom. The van der Waals surface area contributed by atoms with Crippen molar-refractivity contribution < 1.29 is 19.1 Å². The molecule has 0 spiro atoms. The minimum Gasteiger partial charge on any atom is -0.374 e. The van der Waals surface area contributed by atoms with Crippen molar-refractivity contribution in [2.24, 2.45) is 0 Å². The van der Waals surface area contributed by atoms with Crippen LogP contribution in [-0.2, 0) is 19.1 Å². The van der Waals surface area contributed by atoms with Gasteiger partial charge in [0.15, 0.2) is 5.78 Å². The Balaban J connectivity index is 4.03. The highest BCUT2D eigenvalue weighted by atomic mass is 16.5. The monoisotopic (exact) mass is 301 g/mol. The van der Waals surface area contributed by atoms with Gasteiger partial charge in [-0.1, -0.05) is 13.8 Å². The number of amides is 1. The Kier molecular flexibility index (Phi) is 8.74. The van der Waals surface area contributed by atoms with E-state index in [2.05, 4.69) is 5.32 Å². The summed E-state index contributed by atoms with van der Waals surface area (Å²) < 4.78 is 11.4. The second-order valence-electron chi connectivity index (χ2n) is 6.43. The Morgan fingerprint density at radius 2 is 1.57 bits per heavy atom. The van der Waals surface area contributed by atoms with Gasteiger partial charge in [0, 0.05) is 19.4 Å². The molecule has 0 unspecified atom stereocenters. The fraction of sp³-hybridized carbons (Fsp3) is 0.875. The van der Waals surface area contributed by atoms with E-state index >= 15 is 0 Å². The van der Waals surface area contributed by atoms with Crippen molar-refractivity contribution in [1.29, 1.82) is 0 Å². The number of hydrogen-bond donors (Lipinski definition) is 1. The maximum Gasteiger partial charge on any atom is 0.219 e. The van der Waals surface area contributed by atoms with E-state index in [1.807, 2.05) is 41.5 Å². The van der Waals surface area contributed by atoms with Crippen LogP contribution in [0.4, 0.5) is 0 Å². The molecule has 0 atom stereocenters. The van der Waals surface area contributed by atoms with Crippen LogP contribution < -0.4 is 5.32 Å². The fourth-order valence-electron chi connectivity index (χ4n) is 1.51. The fourth-order valence-corrected chi connectivity index (χ4v) is 1.51.